The van der Waals surface area contributed by atoms with Crippen molar-refractivity contribution in [3.8, 4) is 67.5 Å². The fourth-order valence-electron chi connectivity index (χ4n) is 7.75. The van der Waals surface area contributed by atoms with E-state index >= 15 is 0 Å². The first-order chi connectivity index (χ1) is 27.6. The van der Waals surface area contributed by atoms with Gasteiger partial charge in [-0.15, -0.1) is 0 Å². The average molecular weight is 837 g/mol. The molecule has 0 aliphatic rings. The van der Waals surface area contributed by atoms with Gasteiger partial charge in [0, 0.05) is 6.20 Å². The van der Waals surface area contributed by atoms with Crippen LogP contribution in [0.5, 0.6) is 5.75 Å². The van der Waals surface area contributed by atoms with Gasteiger partial charge in [0.25, 0.3) is 0 Å². The van der Waals surface area contributed by atoms with Crippen molar-refractivity contribution in [1.29, 1.82) is 0 Å². The third-order valence-corrected chi connectivity index (χ3v) is 17.6. The van der Waals surface area contributed by atoms with E-state index in [2.05, 4.69) is 196 Å². The van der Waals surface area contributed by atoms with E-state index in [-0.39, 0.29) is 11.2 Å². The number of phenolic OH excluding ortho intramolecular Hbond substituents is 1. The molecule has 0 bridgehead atoms. The Hall–Kier alpha value is -5.50. The number of aromatic hydroxyl groups is 1. The number of pyridine rings is 1. The van der Waals surface area contributed by atoms with Crippen molar-refractivity contribution in [3.05, 3.63) is 157 Å². The van der Waals surface area contributed by atoms with Crippen LogP contribution in [0.1, 0.15) is 26.3 Å². The molecule has 6 heteroatoms. The number of aromatic nitrogens is 3. The number of nitrogens with zero attached hydrogens (tertiary/aromatic N) is 3. The average Bonchev–Trinajstić information content (AvgIpc) is 3.59. The summed E-state index contributed by atoms with van der Waals surface area (Å²) < 4.78 is 3.72. The summed E-state index contributed by atoms with van der Waals surface area (Å²) in [5, 5.41) is 13.1. The van der Waals surface area contributed by atoms with Crippen molar-refractivity contribution >= 4 is 42.0 Å². The molecule has 0 amide bonds. The molecule has 0 aliphatic heterocycles. The molecule has 0 atom stereocenters. The second kappa shape index (κ2) is 15.0. The van der Waals surface area contributed by atoms with Crippen molar-refractivity contribution in [3.63, 3.8) is 0 Å². The molecule has 8 aromatic rings. The van der Waals surface area contributed by atoms with Crippen molar-refractivity contribution in [1.82, 2.24) is 14.5 Å². The molecule has 290 valence electrons. The van der Waals surface area contributed by atoms with E-state index in [4.69, 9.17) is 9.97 Å². The van der Waals surface area contributed by atoms with E-state index in [1.165, 1.54) is 15.1 Å². The normalized spacial score (nSPS) is 12.3. The van der Waals surface area contributed by atoms with Gasteiger partial charge in [0.1, 0.15) is 0 Å². The van der Waals surface area contributed by atoms with Crippen LogP contribution in [0.2, 0.25) is 36.9 Å². The Bertz CT molecular complexity index is 2790. The molecule has 0 aliphatic carbocycles. The second-order valence-electron chi connectivity index (χ2n) is 18.6. The predicted molar refractivity (Wildman–Crippen MR) is 252 cm³/mol. The van der Waals surface area contributed by atoms with E-state index < -0.39 is 21.3 Å². The van der Waals surface area contributed by atoms with Crippen LogP contribution in [0.15, 0.2) is 152 Å². The van der Waals surface area contributed by atoms with Crippen molar-refractivity contribution < 1.29 is 5.11 Å². The van der Waals surface area contributed by atoms with Crippen LogP contribution in [-0.2, 0) is 5.41 Å². The van der Waals surface area contributed by atoms with E-state index in [1.54, 1.807) is 0 Å². The van der Waals surface area contributed by atoms with Gasteiger partial charge >= 0.3 is 264 Å². The Morgan fingerprint density at radius 1 is 0.586 bits per heavy atom. The van der Waals surface area contributed by atoms with E-state index in [0.717, 1.165) is 61.4 Å². The molecule has 0 radical (unpaired) electrons. The zero-order valence-corrected chi connectivity index (χ0v) is 38.3. The summed E-state index contributed by atoms with van der Waals surface area (Å²) in [6.45, 7) is 13.7. The summed E-state index contributed by atoms with van der Waals surface area (Å²) in [4.78, 5) is 10.5. The van der Waals surface area contributed by atoms with Gasteiger partial charge in [-0.2, -0.15) is 0 Å². The van der Waals surface area contributed by atoms with Crippen LogP contribution in [0, 0.1) is 0 Å². The van der Waals surface area contributed by atoms with E-state index in [9.17, 15) is 5.11 Å². The van der Waals surface area contributed by atoms with Crippen molar-refractivity contribution in [2.24, 2.45) is 0 Å². The summed E-state index contributed by atoms with van der Waals surface area (Å²) in [5.74, 6) is 8.30. The number of hydrogen-bond donors (Lipinski definition) is 1. The number of benzene rings is 6. The van der Waals surface area contributed by atoms with Gasteiger partial charge in [-0.25, -0.2) is 0 Å². The number of hydrogen-bond acceptors (Lipinski definition) is 3. The molecule has 0 fully saturated rings. The number of rotatable bonds is 8. The van der Waals surface area contributed by atoms with Gasteiger partial charge in [0.15, 0.2) is 0 Å². The summed E-state index contributed by atoms with van der Waals surface area (Å²) in [6, 6.07) is 52.1. The van der Waals surface area contributed by atoms with E-state index in [1.807, 2.05) is 18.3 Å². The topological polar surface area (TPSA) is 50.9 Å². The molecule has 2 heterocycles. The monoisotopic (exact) mass is 837 g/mol. The van der Waals surface area contributed by atoms with Crippen LogP contribution in [-0.4, -0.2) is 41.0 Å². The molecule has 58 heavy (non-hydrogen) atoms. The van der Waals surface area contributed by atoms with Gasteiger partial charge in [0.2, 0.25) is 0 Å². The van der Waals surface area contributed by atoms with Gasteiger partial charge in [-0.05, 0) is 23.3 Å². The van der Waals surface area contributed by atoms with Crippen molar-refractivity contribution in [2.75, 3.05) is 0 Å². The SMILES string of the molecule is CC(C)(C)c1cc(-c2cc(-c3ccccc3)ccn2)cc(-c2cccc3c2nc(-c2ccc([Si](C)(C)C)cc2O)n3-c2cc[c]([Ge]([CH3])([CH3])[CH3])cc2-c2ccccc2)c1. The number of phenols is 1. The zero-order chi connectivity index (χ0) is 41.0. The summed E-state index contributed by atoms with van der Waals surface area (Å²) in [5.41, 5.74) is 13.4. The van der Waals surface area contributed by atoms with Crippen LogP contribution in [0.25, 0.3) is 72.7 Å². The zero-order valence-electron chi connectivity index (χ0n) is 35.2. The molecular weight excluding hydrogens is 783 g/mol. The standard InChI is InChI=1S/C52H53GeN3OSi/c1-52(2,3)40-30-38(29-39(31-40)46-32-37(27-28-54-46)35-17-12-10-13-18-35)43-21-16-22-48-50(43)55-51(44-25-24-42(34-49(44)57)58(7,8)9)56(48)47-26-23-41(53(4,5)6)33-45(47)36-19-14-11-15-20-36/h10-34,57H,1-9H3. The summed E-state index contributed by atoms with van der Waals surface area (Å²) in [6.07, 6.45) is 1.91. The van der Waals surface area contributed by atoms with Gasteiger partial charge in [-0.1, -0.05) is 51.1 Å². The fourth-order valence-corrected chi connectivity index (χ4v) is 11.3. The van der Waals surface area contributed by atoms with Crippen LogP contribution in [0.3, 0.4) is 0 Å². The summed E-state index contributed by atoms with van der Waals surface area (Å²) >= 11 is -2.23. The summed E-state index contributed by atoms with van der Waals surface area (Å²) in [7, 11) is -1.69. The van der Waals surface area contributed by atoms with Gasteiger partial charge in [0.05, 0.1) is 0 Å². The van der Waals surface area contributed by atoms with Gasteiger partial charge in [-0.3, -0.25) is 4.98 Å². The first-order valence-electron chi connectivity index (χ1n) is 20.3. The molecule has 2 aromatic heterocycles. The Kier molecular flexibility index (Phi) is 10.2. The van der Waals surface area contributed by atoms with Crippen LogP contribution < -0.4 is 9.58 Å². The first kappa shape index (κ1) is 39.3. The molecule has 1 N–H and O–H groups in total. The predicted octanol–water partition coefficient (Wildman–Crippen LogP) is 12.8. The maximum absolute atomic E-state index is 11.9. The molecule has 0 unspecified atom stereocenters. The van der Waals surface area contributed by atoms with Crippen molar-refractivity contribution in [2.45, 2.75) is 63.1 Å². The fraction of sp³-hybridized carbons (Fsp3) is 0.192. The Morgan fingerprint density at radius 3 is 1.93 bits per heavy atom. The first-order valence-corrected chi connectivity index (χ1v) is 31.1. The Balaban J connectivity index is 1.41. The number of fused-ring (bicyclic) bond motifs is 1. The molecule has 4 nitrogen and oxygen atoms in total. The van der Waals surface area contributed by atoms with Crippen LogP contribution in [0.4, 0.5) is 0 Å². The molecular formula is C52H53GeN3OSi. The third-order valence-electron chi connectivity index (χ3n) is 11.3. The van der Waals surface area contributed by atoms with Gasteiger partial charge < -0.3 is 0 Å². The molecule has 0 saturated heterocycles. The molecule has 6 aromatic carbocycles. The second-order valence-corrected chi connectivity index (χ2v) is 34.3. The third kappa shape index (κ3) is 7.73. The minimum atomic E-state index is -2.23. The Morgan fingerprint density at radius 2 is 1.28 bits per heavy atom. The molecule has 0 spiro atoms. The molecule has 0 saturated carbocycles. The Labute approximate surface area is 347 Å². The van der Waals surface area contributed by atoms with Crippen LogP contribution >= 0.6 is 0 Å². The minimum absolute atomic E-state index is 0.117. The number of imidazole rings is 1. The van der Waals surface area contributed by atoms with E-state index in [0.29, 0.717) is 11.4 Å². The maximum atomic E-state index is 11.9. The molecule has 8 rings (SSSR count). The number of para-hydroxylation sites is 1. The quantitative estimate of drug-likeness (QED) is 0.155.